The van der Waals surface area contributed by atoms with Crippen LogP contribution in [0, 0.1) is 6.92 Å². The summed E-state index contributed by atoms with van der Waals surface area (Å²) in [7, 11) is 0. The maximum Gasteiger partial charge on any atom is 0.143 e. The molecule has 5 heteroatoms. The molecule has 2 heterocycles. The SMILES string of the molecule is Cc1ccc([C@@H](C)Nc2ncnc3[nH]c(-c4ccc(O)cc4)cc23)cc1. The zero-order chi connectivity index (χ0) is 18.1. The average molecular weight is 344 g/mol. The molecule has 0 unspecified atom stereocenters. The molecule has 3 N–H and O–H groups in total. The predicted octanol–water partition coefficient (Wildman–Crippen LogP) is 4.81. The van der Waals surface area contributed by atoms with Crippen LogP contribution in [-0.2, 0) is 0 Å². The van der Waals surface area contributed by atoms with E-state index in [0.717, 1.165) is 28.1 Å². The largest absolute Gasteiger partial charge is 0.508 e. The van der Waals surface area contributed by atoms with Crippen LogP contribution in [0.2, 0.25) is 0 Å². The molecular formula is C21H20N4O. The highest BCUT2D eigenvalue weighted by Crippen LogP contribution is 2.29. The summed E-state index contributed by atoms with van der Waals surface area (Å²) in [6.07, 6.45) is 1.56. The number of nitrogens with one attached hydrogen (secondary N) is 2. The van der Waals surface area contributed by atoms with E-state index in [1.807, 2.05) is 18.2 Å². The Morgan fingerprint density at radius 2 is 1.73 bits per heavy atom. The van der Waals surface area contributed by atoms with Crippen molar-refractivity contribution in [1.82, 2.24) is 15.0 Å². The minimum atomic E-state index is 0.126. The minimum Gasteiger partial charge on any atom is -0.508 e. The number of hydrogen-bond donors (Lipinski definition) is 3. The van der Waals surface area contributed by atoms with Crippen LogP contribution in [0.15, 0.2) is 60.9 Å². The molecule has 0 bridgehead atoms. The lowest BCUT2D eigenvalue weighted by Gasteiger charge is -2.15. The summed E-state index contributed by atoms with van der Waals surface area (Å²) in [5, 5.41) is 13.9. The summed E-state index contributed by atoms with van der Waals surface area (Å²) in [5.74, 6) is 1.04. The van der Waals surface area contributed by atoms with E-state index >= 15 is 0 Å². The van der Waals surface area contributed by atoms with E-state index in [0.29, 0.717) is 0 Å². The van der Waals surface area contributed by atoms with Gasteiger partial charge in [-0.2, -0.15) is 0 Å². The number of phenolic OH excluding ortho intramolecular Hbond substituents is 1. The van der Waals surface area contributed by atoms with Gasteiger partial charge in [-0.05, 0) is 55.3 Å². The average Bonchev–Trinajstić information content (AvgIpc) is 3.08. The third-order valence-electron chi connectivity index (χ3n) is 4.53. The van der Waals surface area contributed by atoms with Crippen LogP contribution >= 0.6 is 0 Å². The second kappa shape index (κ2) is 6.52. The molecular weight excluding hydrogens is 324 g/mol. The highest BCUT2D eigenvalue weighted by Gasteiger charge is 2.12. The van der Waals surface area contributed by atoms with Crippen molar-refractivity contribution < 1.29 is 5.11 Å². The number of hydrogen-bond acceptors (Lipinski definition) is 4. The van der Waals surface area contributed by atoms with E-state index < -0.39 is 0 Å². The third kappa shape index (κ3) is 3.11. The first-order valence-electron chi connectivity index (χ1n) is 8.56. The Kier molecular flexibility index (Phi) is 4.05. The number of aromatic nitrogens is 3. The standard InChI is InChI=1S/C21H20N4O/c1-13-3-5-15(6-4-13)14(2)24-20-18-11-19(25-21(18)23-12-22-20)16-7-9-17(26)10-8-16/h3-12,14,26H,1-2H3,(H2,22,23,24,25)/t14-/m1/s1. The Morgan fingerprint density at radius 1 is 1.00 bits per heavy atom. The number of aromatic amines is 1. The zero-order valence-electron chi connectivity index (χ0n) is 14.7. The molecule has 0 fully saturated rings. The Hall–Kier alpha value is -3.34. The van der Waals surface area contributed by atoms with E-state index in [1.165, 1.54) is 11.1 Å². The van der Waals surface area contributed by atoms with Gasteiger partial charge in [-0.15, -0.1) is 0 Å². The molecule has 2 aromatic heterocycles. The molecule has 0 aliphatic carbocycles. The lowest BCUT2D eigenvalue weighted by Crippen LogP contribution is -2.08. The van der Waals surface area contributed by atoms with Gasteiger partial charge in [-0.3, -0.25) is 0 Å². The highest BCUT2D eigenvalue weighted by molar-refractivity contribution is 5.91. The van der Waals surface area contributed by atoms with Gasteiger partial charge in [0.2, 0.25) is 0 Å². The molecule has 26 heavy (non-hydrogen) atoms. The molecule has 0 spiro atoms. The van der Waals surface area contributed by atoms with Crippen LogP contribution in [0.5, 0.6) is 5.75 Å². The maximum absolute atomic E-state index is 9.47. The van der Waals surface area contributed by atoms with Crippen molar-refractivity contribution in [2.45, 2.75) is 19.9 Å². The van der Waals surface area contributed by atoms with E-state index in [-0.39, 0.29) is 11.8 Å². The fourth-order valence-corrected chi connectivity index (χ4v) is 2.99. The number of nitrogens with zero attached hydrogens (tertiary/aromatic N) is 2. The number of fused-ring (bicyclic) bond motifs is 1. The molecule has 0 aliphatic rings. The number of aryl methyl sites for hydroxylation is 1. The molecule has 1 atom stereocenters. The lowest BCUT2D eigenvalue weighted by atomic mass is 10.1. The molecule has 2 aromatic carbocycles. The summed E-state index contributed by atoms with van der Waals surface area (Å²) in [4.78, 5) is 12.1. The first-order chi connectivity index (χ1) is 12.6. The van der Waals surface area contributed by atoms with Gasteiger partial charge in [0.05, 0.1) is 5.39 Å². The maximum atomic E-state index is 9.47. The molecule has 0 aliphatic heterocycles. The smallest absolute Gasteiger partial charge is 0.143 e. The highest BCUT2D eigenvalue weighted by atomic mass is 16.3. The molecule has 0 saturated heterocycles. The van der Waals surface area contributed by atoms with Gasteiger partial charge in [0.25, 0.3) is 0 Å². The van der Waals surface area contributed by atoms with Crippen LogP contribution in [0.25, 0.3) is 22.3 Å². The molecule has 0 saturated carbocycles. The van der Waals surface area contributed by atoms with Crippen molar-refractivity contribution in [3.8, 4) is 17.0 Å². The fourth-order valence-electron chi connectivity index (χ4n) is 2.99. The zero-order valence-corrected chi connectivity index (χ0v) is 14.7. The normalized spacial score (nSPS) is 12.2. The van der Waals surface area contributed by atoms with Gasteiger partial charge in [0.1, 0.15) is 23.5 Å². The van der Waals surface area contributed by atoms with Gasteiger partial charge >= 0.3 is 0 Å². The second-order valence-electron chi connectivity index (χ2n) is 6.49. The molecule has 5 nitrogen and oxygen atoms in total. The first-order valence-corrected chi connectivity index (χ1v) is 8.56. The topological polar surface area (TPSA) is 73.8 Å². The number of benzene rings is 2. The Labute approximate surface area is 151 Å². The van der Waals surface area contributed by atoms with Gasteiger partial charge in [0, 0.05) is 11.7 Å². The van der Waals surface area contributed by atoms with Crippen LogP contribution in [0.4, 0.5) is 5.82 Å². The summed E-state index contributed by atoms with van der Waals surface area (Å²) < 4.78 is 0. The van der Waals surface area contributed by atoms with Gasteiger partial charge in [-0.1, -0.05) is 29.8 Å². The first kappa shape index (κ1) is 16.1. The van der Waals surface area contributed by atoms with Crippen molar-refractivity contribution >= 4 is 16.9 Å². The number of phenols is 1. The van der Waals surface area contributed by atoms with E-state index in [1.54, 1.807) is 18.5 Å². The van der Waals surface area contributed by atoms with Crippen LogP contribution in [0.1, 0.15) is 24.1 Å². The summed E-state index contributed by atoms with van der Waals surface area (Å²) in [6.45, 7) is 4.20. The minimum absolute atomic E-state index is 0.126. The van der Waals surface area contributed by atoms with Gasteiger partial charge in [0.15, 0.2) is 0 Å². The summed E-state index contributed by atoms with van der Waals surface area (Å²) in [6, 6.07) is 17.7. The van der Waals surface area contributed by atoms with E-state index in [4.69, 9.17) is 0 Å². The fraction of sp³-hybridized carbons (Fsp3) is 0.143. The quantitative estimate of drug-likeness (QED) is 0.496. The molecule has 4 aromatic rings. The van der Waals surface area contributed by atoms with Crippen LogP contribution in [0.3, 0.4) is 0 Å². The monoisotopic (exact) mass is 344 g/mol. The number of aromatic hydroxyl groups is 1. The van der Waals surface area contributed by atoms with Gasteiger partial charge < -0.3 is 15.4 Å². The van der Waals surface area contributed by atoms with Crippen molar-refractivity contribution in [3.05, 3.63) is 72.1 Å². The molecule has 4 rings (SSSR count). The van der Waals surface area contributed by atoms with Crippen molar-refractivity contribution in [1.29, 1.82) is 0 Å². The number of rotatable bonds is 4. The van der Waals surface area contributed by atoms with Crippen LogP contribution in [-0.4, -0.2) is 20.1 Å². The summed E-state index contributed by atoms with van der Waals surface area (Å²) in [5.41, 5.74) is 5.15. The third-order valence-corrected chi connectivity index (χ3v) is 4.53. The summed E-state index contributed by atoms with van der Waals surface area (Å²) >= 11 is 0. The van der Waals surface area contributed by atoms with Crippen molar-refractivity contribution in [3.63, 3.8) is 0 Å². The molecule has 130 valence electrons. The van der Waals surface area contributed by atoms with Crippen molar-refractivity contribution in [2.24, 2.45) is 0 Å². The Balaban J connectivity index is 1.67. The van der Waals surface area contributed by atoms with Crippen molar-refractivity contribution in [2.75, 3.05) is 5.32 Å². The second-order valence-corrected chi connectivity index (χ2v) is 6.49. The van der Waals surface area contributed by atoms with E-state index in [2.05, 4.69) is 58.4 Å². The Bertz CT molecular complexity index is 1040. The molecule has 0 amide bonds. The Morgan fingerprint density at radius 3 is 2.46 bits per heavy atom. The van der Waals surface area contributed by atoms with Crippen LogP contribution < -0.4 is 5.32 Å². The molecule has 0 radical (unpaired) electrons. The lowest BCUT2D eigenvalue weighted by molar-refractivity contribution is 0.475. The number of anilines is 1. The number of H-pyrrole nitrogens is 1. The van der Waals surface area contributed by atoms with Gasteiger partial charge in [-0.25, -0.2) is 9.97 Å². The van der Waals surface area contributed by atoms with E-state index in [9.17, 15) is 5.11 Å². The predicted molar refractivity (Wildman–Crippen MR) is 104 cm³/mol.